The number of nitrogens with two attached hydrogens (primary N) is 1. The molecule has 3 aliphatic heterocycles. The summed E-state index contributed by atoms with van der Waals surface area (Å²) in [5.74, 6) is 0.732. The van der Waals surface area contributed by atoms with E-state index in [0.29, 0.717) is 41.6 Å². The van der Waals surface area contributed by atoms with Crippen LogP contribution in [0.1, 0.15) is 60.9 Å². The number of likely N-dealkylation sites (tertiary alicyclic amines) is 1. The maximum absolute atomic E-state index is 12.8. The van der Waals surface area contributed by atoms with Crippen molar-refractivity contribution in [1.82, 2.24) is 34.6 Å². The van der Waals surface area contributed by atoms with E-state index in [1.54, 1.807) is 6.20 Å². The van der Waals surface area contributed by atoms with E-state index in [9.17, 15) is 9.59 Å². The van der Waals surface area contributed by atoms with Crippen molar-refractivity contribution < 1.29 is 14.3 Å². The Morgan fingerprint density at radius 3 is 2.50 bits per heavy atom. The number of rotatable bonds is 7. The van der Waals surface area contributed by atoms with Crippen molar-refractivity contribution in [1.29, 1.82) is 0 Å². The van der Waals surface area contributed by atoms with Crippen molar-refractivity contribution in [3.8, 4) is 0 Å². The van der Waals surface area contributed by atoms with Crippen LogP contribution in [0.2, 0.25) is 0 Å². The summed E-state index contributed by atoms with van der Waals surface area (Å²) in [5.41, 5.74) is 6.07. The van der Waals surface area contributed by atoms with Gasteiger partial charge in [-0.2, -0.15) is 5.10 Å². The number of anilines is 1. The van der Waals surface area contributed by atoms with Crippen LogP contribution in [0.5, 0.6) is 0 Å². The molecule has 6 heterocycles. The van der Waals surface area contributed by atoms with Crippen molar-refractivity contribution in [3.05, 3.63) is 40.3 Å². The van der Waals surface area contributed by atoms with E-state index in [-0.39, 0.29) is 29.9 Å². The maximum Gasteiger partial charge on any atom is 0.262 e. The van der Waals surface area contributed by atoms with Gasteiger partial charge >= 0.3 is 0 Å². The highest BCUT2D eigenvalue weighted by Gasteiger charge is 2.35. The van der Waals surface area contributed by atoms with Crippen molar-refractivity contribution in [2.24, 2.45) is 5.73 Å². The molecule has 13 nitrogen and oxygen atoms in total. The Morgan fingerprint density at radius 2 is 1.82 bits per heavy atom. The number of nitrogens with one attached hydrogen (secondary N) is 1. The fourth-order valence-electron chi connectivity index (χ4n) is 5.47. The van der Waals surface area contributed by atoms with Gasteiger partial charge < -0.3 is 25.1 Å². The zero-order valence-electron chi connectivity index (χ0n) is 21.5. The lowest BCUT2D eigenvalue weighted by Crippen LogP contribution is -2.55. The van der Waals surface area contributed by atoms with E-state index in [0.717, 1.165) is 51.9 Å². The number of aromatic amines is 1. The minimum atomic E-state index is -0.531. The summed E-state index contributed by atoms with van der Waals surface area (Å²) in [4.78, 5) is 44.7. The smallest absolute Gasteiger partial charge is 0.262 e. The highest BCUT2D eigenvalue weighted by atomic mass is 16.5. The molecule has 1 atom stereocenters. The Balaban J connectivity index is 1.02. The molecule has 0 spiro atoms. The van der Waals surface area contributed by atoms with Gasteiger partial charge in [0.15, 0.2) is 5.65 Å². The minimum absolute atomic E-state index is 0.0349. The Labute approximate surface area is 219 Å². The first-order valence-electron chi connectivity index (χ1n) is 13.3. The Bertz CT molecular complexity index is 1340. The summed E-state index contributed by atoms with van der Waals surface area (Å²) in [6.07, 6.45) is 8.40. The number of H-pyrrole nitrogens is 1. The van der Waals surface area contributed by atoms with Gasteiger partial charge in [-0.05, 0) is 32.6 Å². The Kier molecular flexibility index (Phi) is 6.80. The molecule has 3 fully saturated rings. The van der Waals surface area contributed by atoms with Crippen LogP contribution in [0.4, 0.5) is 5.95 Å². The molecule has 3 saturated heterocycles. The SMILES string of the molecule is CC(c1nc2c(cnn2C2CCOCC2)c(=O)[nH]1)N1CC(OC2CCN(c3ncc(C(N)=O)cn3)CC2)C1. The fourth-order valence-corrected chi connectivity index (χ4v) is 5.47. The number of carbonyl (C=O) groups excluding carboxylic acids is 1. The summed E-state index contributed by atoms with van der Waals surface area (Å²) in [6, 6.07) is 0.167. The Hall–Kier alpha value is -3.42. The molecule has 3 N–H and O–H groups in total. The number of hydrogen-bond acceptors (Lipinski definition) is 10. The van der Waals surface area contributed by atoms with Gasteiger partial charge in [-0.15, -0.1) is 0 Å². The van der Waals surface area contributed by atoms with Crippen molar-refractivity contribution in [3.63, 3.8) is 0 Å². The fraction of sp³-hybridized carbons (Fsp3) is 0.600. The van der Waals surface area contributed by atoms with Gasteiger partial charge in [0.2, 0.25) is 5.95 Å². The standard InChI is InChI=1S/C25H33N9O4/c1-15(22-30-23-20(24(36)31-22)12-29-34(23)17-4-8-37-9-5-17)33-13-19(14-33)38-18-2-6-32(7-3-18)25-27-10-16(11-28-25)21(26)35/h10-12,15,17-19H,2-9,13-14H2,1H3,(H2,26,35)(H,30,31,36). The average Bonchev–Trinajstić information content (AvgIpc) is 3.36. The number of carbonyl (C=O) groups is 1. The topological polar surface area (TPSA) is 157 Å². The van der Waals surface area contributed by atoms with E-state index in [1.807, 2.05) is 4.68 Å². The van der Waals surface area contributed by atoms with Gasteiger partial charge in [0.1, 0.15) is 11.2 Å². The summed E-state index contributed by atoms with van der Waals surface area (Å²) >= 11 is 0. The van der Waals surface area contributed by atoms with Crippen LogP contribution in [0.25, 0.3) is 11.0 Å². The van der Waals surface area contributed by atoms with Crippen LogP contribution in [-0.2, 0) is 9.47 Å². The van der Waals surface area contributed by atoms with Crippen LogP contribution in [-0.4, -0.2) is 92.1 Å². The summed E-state index contributed by atoms with van der Waals surface area (Å²) in [5, 5.41) is 5.01. The number of ether oxygens (including phenoxy) is 2. The molecule has 1 amide bonds. The largest absolute Gasteiger partial charge is 0.381 e. The molecule has 1 unspecified atom stereocenters. The molecule has 0 saturated carbocycles. The van der Waals surface area contributed by atoms with Crippen LogP contribution < -0.4 is 16.2 Å². The van der Waals surface area contributed by atoms with Crippen molar-refractivity contribution in [2.45, 2.75) is 56.9 Å². The van der Waals surface area contributed by atoms with Gasteiger partial charge in [-0.25, -0.2) is 19.6 Å². The second-order valence-corrected chi connectivity index (χ2v) is 10.3. The number of aromatic nitrogens is 6. The number of fused-ring (bicyclic) bond motifs is 1. The van der Waals surface area contributed by atoms with Crippen LogP contribution in [0, 0.1) is 0 Å². The summed E-state index contributed by atoms with van der Waals surface area (Å²) in [7, 11) is 0. The number of primary amides is 1. The molecule has 0 radical (unpaired) electrons. The lowest BCUT2D eigenvalue weighted by Gasteiger charge is -2.44. The van der Waals surface area contributed by atoms with Gasteiger partial charge in [-0.3, -0.25) is 14.5 Å². The minimum Gasteiger partial charge on any atom is -0.381 e. The molecule has 38 heavy (non-hydrogen) atoms. The quantitative estimate of drug-likeness (QED) is 0.454. The number of nitrogens with zero attached hydrogens (tertiary/aromatic N) is 7. The summed E-state index contributed by atoms with van der Waals surface area (Å²) < 4.78 is 13.7. The second kappa shape index (κ2) is 10.4. The predicted octanol–water partition coefficient (Wildman–Crippen LogP) is 0.791. The van der Waals surface area contributed by atoms with E-state index < -0.39 is 5.91 Å². The third-order valence-corrected chi connectivity index (χ3v) is 7.87. The predicted molar refractivity (Wildman–Crippen MR) is 138 cm³/mol. The number of amides is 1. The van der Waals surface area contributed by atoms with E-state index in [2.05, 4.69) is 36.8 Å². The van der Waals surface area contributed by atoms with Crippen molar-refractivity contribution >= 4 is 22.9 Å². The van der Waals surface area contributed by atoms with Gasteiger partial charge in [-0.1, -0.05) is 0 Å². The van der Waals surface area contributed by atoms with Gasteiger partial charge in [0, 0.05) is 51.8 Å². The van der Waals surface area contributed by atoms with Crippen LogP contribution in [0.3, 0.4) is 0 Å². The lowest BCUT2D eigenvalue weighted by molar-refractivity contribution is -0.110. The molecule has 3 aromatic rings. The highest BCUT2D eigenvalue weighted by Crippen LogP contribution is 2.29. The Morgan fingerprint density at radius 1 is 1.11 bits per heavy atom. The third kappa shape index (κ3) is 4.88. The number of hydrogen-bond donors (Lipinski definition) is 2. The van der Waals surface area contributed by atoms with Gasteiger partial charge in [0.25, 0.3) is 11.5 Å². The van der Waals surface area contributed by atoms with E-state index >= 15 is 0 Å². The molecule has 3 aliphatic rings. The molecule has 202 valence electrons. The normalized spacial score (nSPS) is 21.0. The molecule has 3 aromatic heterocycles. The summed E-state index contributed by atoms with van der Waals surface area (Å²) in [6.45, 7) is 6.63. The first-order valence-corrected chi connectivity index (χ1v) is 13.3. The third-order valence-electron chi connectivity index (χ3n) is 7.87. The van der Waals surface area contributed by atoms with E-state index in [4.69, 9.17) is 20.2 Å². The highest BCUT2D eigenvalue weighted by molar-refractivity contribution is 5.92. The lowest BCUT2D eigenvalue weighted by atomic mass is 10.0. The monoisotopic (exact) mass is 523 g/mol. The van der Waals surface area contributed by atoms with Crippen molar-refractivity contribution in [2.75, 3.05) is 44.3 Å². The van der Waals surface area contributed by atoms with Crippen LogP contribution >= 0.6 is 0 Å². The molecule has 13 heteroatoms. The molecular formula is C25H33N9O4. The molecule has 0 aliphatic carbocycles. The van der Waals surface area contributed by atoms with E-state index in [1.165, 1.54) is 12.4 Å². The molecule has 0 bridgehead atoms. The number of piperidine rings is 1. The molecule has 0 aromatic carbocycles. The first-order chi connectivity index (χ1) is 18.5. The maximum atomic E-state index is 12.8. The molecular weight excluding hydrogens is 490 g/mol. The zero-order chi connectivity index (χ0) is 26.2. The van der Waals surface area contributed by atoms with Gasteiger partial charge in [0.05, 0.1) is 36.1 Å². The van der Waals surface area contributed by atoms with Crippen LogP contribution in [0.15, 0.2) is 23.4 Å². The first kappa shape index (κ1) is 24.9. The average molecular weight is 524 g/mol. The molecule has 6 rings (SSSR count). The zero-order valence-corrected chi connectivity index (χ0v) is 21.5. The second-order valence-electron chi connectivity index (χ2n) is 10.3.